The molecule has 162 valence electrons. The Morgan fingerprint density at radius 3 is 2.52 bits per heavy atom. The predicted molar refractivity (Wildman–Crippen MR) is 118 cm³/mol. The highest BCUT2D eigenvalue weighted by atomic mass is 35.5. The molecule has 3 amide bonds. The van der Waals surface area contributed by atoms with E-state index >= 15 is 0 Å². The zero-order chi connectivity index (χ0) is 22.6. The van der Waals surface area contributed by atoms with E-state index in [2.05, 4.69) is 27.7 Å². The third-order valence-electron chi connectivity index (χ3n) is 3.67. The zero-order valence-corrected chi connectivity index (χ0v) is 17.4. The number of hydrogen-bond acceptors (Lipinski definition) is 6. The lowest BCUT2D eigenvalue weighted by Gasteiger charge is -2.11. The van der Waals surface area contributed by atoms with E-state index in [9.17, 15) is 14.4 Å². The molecule has 0 unspecified atom stereocenters. The van der Waals surface area contributed by atoms with Crippen molar-refractivity contribution in [2.75, 3.05) is 25.6 Å². The first kappa shape index (κ1) is 23.4. The summed E-state index contributed by atoms with van der Waals surface area (Å²) in [5.74, 6) is -1.38. The first-order valence-electron chi connectivity index (χ1n) is 9.01. The molecule has 3 N–H and O–H groups in total. The molecule has 0 aromatic heterocycles. The van der Waals surface area contributed by atoms with Gasteiger partial charge in [-0.15, -0.1) is 6.58 Å². The van der Waals surface area contributed by atoms with E-state index in [4.69, 9.17) is 21.1 Å². The number of hydrazone groups is 1. The Morgan fingerprint density at radius 1 is 1.10 bits per heavy atom. The van der Waals surface area contributed by atoms with Crippen LogP contribution in [0.1, 0.15) is 5.56 Å². The molecule has 2 rings (SSSR count). The molecule has 0 fully saturated rings. The fourth-order valence-corrected chi connectivity index (χ4v) is 2.34. The maximum Gasteiger partial charge on any atom is 0.329 e. The van der Waals surface area contributed by atoms with Crippen LogP contribution in [0.4, 0.5) is 5.69 Å². The first-order valence-corrected chi connectivity index (χ1v) is 9.39. The summed E-state index contributed by atoms with van der Waals surface area (Å²) in [6.07, 6.45) is 2.78. The summed E-state index contributed by atoms with van der Waals surface area (Å²) in [6, 6.07) is 11.5. The largest absolute Gasteiger partial charge is 0.493 e. The second-order valence-electron chi connectivity index (χ2n) is 5.95. The first-order chi connectivity index (χ1) is 14.9. The molecule has 0 atom stereocenters. The number of ether oxygens (including phenoxy) is 2. The van der Waals surface area contributed by atoms with Gasteiger partial charge in [0.15, 0.2) is 18.1 Å². The maximum atomic E-state index is 12.1. The van der Waals surface area contributed by atoms with Crippen LogP contribution in [-0.4, -0.2) is 44.2 Å². The Hall–Kier alpha value is -3.85. The smallest absolute Gasteiger partial charge is 0.329 e. The average molecular weight is 445 g/mol. The molecule has 0 bridgehead atoms. The fraction of sp³-hybridized carbons (Fsp3) is 0.143. The quantitative estimate of drug-likeness (QED) is 0.237. The number of halogens is 1. The van der Waals surface area contributed by atoms with Crippen LogP contribution in [0.3, 0.4) is 0 Å². The molecule has 0 saturated carbocycles. The molecule has 10 heteroatoms. The van der Waals surface area contributed by atoms with Gasteiger partial charge in [0.2, 0.25) is 0 Å². The van der Waals surface area contributed by atoms with E-state index in [-0.39, 0.29) is 19.1 Å². The Kier molecular flexibility index (Phi) is 9.06. The van der Waals surface area contributed by atoms with E-state index in [1.54, 1.807) is 42.5 Å². The van der Waals surface area contributed by atoms with Crippen molar-refractivity contribution in [2.24, 2.45) is 5.10 Å². The molecule has 0 aliphatic carbocycles. The standard InChI is InChI=1S/C21H21ClN4O5/c1-3-10-23-20(28)21(29)26-24-12-14-4-9-17(18(11-14)30-2)31-13-19(27)25-16-7-5-15(22)6-8-16/h3-9,11-12H,1,10,13H2,2H3,(H,23,28)(H,25,27)(H,26,29)/b24-12-. The minimum Gasteiger partial charge on any atom is -0.493 e. The second kappa shape index (κ2) is 12.0. The number of carbonyl (C=O) groups excluding carboxylic acids is 3. The summed E-state index contributed by atoms with van der Waals surface area (Å²) in [5, 5.41) is 9.30. The SMILES string of the molecule is C=CCNC(=O)C(=O)N/N=C\c1ccc(OCC(=O)Nc2ccc(Cl)cc2)c(OC)c1. The lowest BCUT2D eigenvalue weighted by Crippen LogP contribution is -2.37. The molecular formula is C21H21ClN4O5. The minimum atomic E-state index is -0.906. The van der Waals surface area contributed by atoms with Gasteiger partial charge >= 0.3 is 11.8 Å². The van der Waals surface area contributed by atoms with Crippen LogP contribution < -0.4 is 25.5 Å². The van der Waals surface area contributed by atoms with Crippen LogP contribution in [0.25, 0.3) is 0 Å². The van der Waals surface area contributed by atoms with Gasteiger partial charge < -0.3 is 20.1 Å². The highest BCUT2D eigenvalue weighted by molar-refractivity contribution is 6.35. The van der Waals surface area contributed by atoms with Crippen molar-refractivity contribution in [2.45, 2.75) is 0 Å². The Labute approximate surface area is 184 Å². The molecule has 0 spiro atoms. The second-order valence-corrected chi connectivity index (χ2v) is 6.39. The van der Waals surface area contributed by atoms with E-state index in [0.717, 1.165) is 0 Å². The number of rotatable bonds is 9. The predicted octanol–water partition coefficient (Wildman–Crippen LogP) is 2.12. The molecule has 0 saturated heterocycles. The van der Waals surface area contributed by atoms with Crippen LogP contribution in [0, 0.1) is 0 Å². The summed E-state index contributed by atoms with van der Waals surface area (Å²) in [6.45, 7) is 3.38. The molecule has 9 nitrogen and oxygen atoms in total. The van der Waals surface area contributed by atoms with Gasteiger partial charge in [0, 0.05) is 17.3 Å². The highest BCUT2D eigenvalue weighted by Crippen LogP contribution is 2.27. The summed E-state index contributed by atoms with van der Waals surface area (Å²) in [7, 11) is 1.45. The Bertz CT molecular complexity index is 976. The summed E-state index contributed by atoms with van der Waals surface area (Å²) in [4.78, 5) is 35.0. The van der Waals surface area contributed by atoms with Gasteiger partial charge in [-0.1, -0.05) is 17.7 Å². The Morgan fingerprint density at radius 2 is 1.84 bits per heavy atom. The van der Waals surface area contributed by atoms with E-state index in [0.29, 0.717) is 27.8 Å². The van der Waals surface area contributed by atoms with Crippen molar-refractivity contribution in [1.29, 1.82) is 0 Å². The Balaban J connectivity index is 1.91. The monoisotopic (exact) mass is 444 g/mol. The van der Waals surface area contributed by atoms with Gasteiger partial charge in [-0.2, -0.15) is 5.10 Å². The molecular weight excluding hydrogens is 424 g/mol. The number of amides is 3. The van der Waals surface area contributed by atoms with Gasteiger partial charge in [-0.25, -0.2) is 5.43 Å². The number of benzene rings is 2. The third-order valence-corrected chi connectivity index (χ3v) is 3.92. The van der Waals surface area contributed by atoms with Crippen molar-refractivity contribution in [3.63, 3.8) is 0 Å². The zero-order valence-electron chi connectivity index (χ0n) is 16.7. The van der Waals surface area contributed by atoms with E-state index in [1.165, 1.54) is 19.4 Å². The van der Waals surface area contributed by atoms with Crippen LogP contribution in [0.15, 0.2) is 60.2 Å². The number of nitrogens with zero attached hydrogens (tertiary/aromatic N) is 1. The van der Waals surface area contributed by atoms with Crippen LogP contribution in [0.5, 0.6) is 11.5 Å². The molecule has 2 aromatic rings. The molecule has 2 aromatic carbocycles. The number of carbonyl (C=O) groups is 3. The van der Waals surface area contributed by atoms with E-state index in [1.807, 2.05) is 0 Å². The number of anilines is 1. The molecule has 0 radical (unpaired) electrons. The molecule has 31 heavy (non-hydrogen) atoms. The van der Waals surface area contributed by atoms with Crippen LogP contribution in [0.2, 0.25) is 5.02 Å². The van der Waals surface area contributed by atoms with Crippen molar-refractivity contribution in [3.05, 3.63) is 65.7 Å². The summed E-state index contributed by atoms with van der Waals surface area (Å²) in [5.41, 5.74) is 3.27. The fourth-order valence-electron chi connectivity index (χ4n) is 2.22. The van der Waals surface area contributed by atoms with Crippen LogP contribution in [-0.2, 0) is 14.4 Å². The lowest BCUT2D eigenvalue weighted by molar-refractivity contribution is -0.139. The van der Waals surface area contributed by atoms with Crippen molar-refractivity contribution >= 4 is 41.2 Å². The van der Waals surface area contributed by atoms with E-state index < -0.39 is 11.8 Å². The van der Waals surface area contributed by atoms with Gasteiger partial charge in [0.25, 0.3) is 5.91 Å². The highest BCUT2D eigenvalue weighted by Gasteiger charge is 2.11. The van der Waals surface area contributed by atoms with Gasteiger partial charge in [-0.05, 0) is 48.0 Å². The van der Waals surface area contributed by atoms with Gasteiger partial charge in [0.1, 0.15) is 0 Å². The van der Waals surface area contributed by atoms with Gasteiger partial charge in [0.05, 0.1) is 13.3 Å². The molecule has 0 heterocycles. The topological polar surface area (TPSA) is 118 Å². The van der Waals surface area contributed by atoms with Crippen LogP contribution >= 0.6 is 11.6 Å². The minimum absolute atomic E-state index is 0.173. The van der Waals surface area contributed by atoms with Gasteiger partial charge in [-0.3, -0.25) is 14.4 Å². The number of hydrogen-bond donors (Lipinski definition) is 3. The normalized spacial score (nSPS) is 10.3. The van der Waals surface area contributed by atoms with Crippen molar-refractivity contribution in [3.8, 4) is 11.5 Å². The summed E-state index contributed by atoms with van der Waals surface area (Å²) >= 11 is 5.81. The third kappa shape index (κ3) is 7.82. The number of nitrogens with one attached hydrogen (secondary N) is 3. The average Bonchev–Trinajstić information content (AvgIpc) is 2.77. The number of methoxy groups -OCH3 is 1. The lowest BCUT2D eigenvalue weighted by atomic mass is 10.2. The molecule has 0 aliphatic rings. The molecule has 0 aliphatic heterocycles. The summed E-state index contributed by atoms with van der Waals surface area (Å²) < 4.78 is 10.8. The van der Waals surface area contributed by atoms with Crippen molar-refractivity contribution < 1.29 is 23.9 Å². The van der Waals surface area contributed by atoms with Crippen molar-refractivity contribution in [1.82, 2.24) is 10.7 Å². The maximum absolute atomic E-state index is 12.1.